The summed E-state index contributed by atoms with van der Waals surface area (Å²) < 4.78 is 0. The van der Waals surface area contributed by atoms with E-state index in [1.165, 1.54) is 82.9 Å². The Morgan fingerprint density at radius 2 is 0.820 bits per heavy atom. The Hall–Kier alpha value is -7.68. The van der Waals surface area contributed by atoms with E-state index >= 15 is 0 Å². The van der Waals surface area contributed by atoms with Crippen molar-refractivity contribution in [1.29, 1.82) is 0 Å². The lowest BCUT2D eigenvalue weighted by Gasteiger charge is -2.33. The second-order valence-electron chi connectivity index (χ2n) is 16.6. The minimum Gasteiger partial charge on any atom is -0.310 e. The highest BCUT2D eigenvalue weighted by Gasteiger charge is 2.53. The van der Waals surface area contributed by atoms with Gasteiger partial charge in [-0.1, -0.05) is 163 Å². The van der Waals surface area contributed by atoms with Gasteiger partial charge in [0.2, 0.25) is 0 Å². The smallest absolute Gasteiger partial charge is 0.0732 e. The summed E-state index contributed by atoms with van der Waals surface area (Å²) in [5.41, 5.74) is 19.3. The maximum absolute atomic E-state index is 2.54. The molecule has 61 heavy (non-hydrogen) atoms. The van der Waals surface area contributed by atoms with E-state index in [1.807, 2.05) is 0 Å². The van der Waals surface area contributed by atoms with Crippen LogP contribution in [0.25, 0.3) is 43.8 Å². The number of fused-ring (bicyclic) bond motifs is 14. The van der Waals surface area contributed by atoms with Gasteiger partial charge in [-0.15, -0.1) is 0 Å². The molecule has 12 rings (SSSR count). The van der Waals surface area contributed by atoms with Crippen LogP contribution in [-0.2, 0) is 5.41 Å². The van der Waals surface area contributed by atoms with Crippen molar-refractivity contribution in [3.63, 3.8) is 0 Å². The van der Waals surface area contributed by atoms with Crippen molar-refractivity contribution >= 4 is 55.7 Å². The number of nitrogens with zero attached hydrogens (tertiary/aromatic N) is 2. The Bertz CT molecular complexity index is 3270. The number of benzene rings is 10. The van der Waals surface area contributed by atoms with Gasteiger partial charge >= 0.3 is 0 Å². The van der Waals surface area contributed by atoms with Crippen LogP contribution in [0.1, 0.15) is 33.4 Å². The lowest BCUT2D eigenvalue weighted by molar-refractivity contribution is 0.802. The van der Waals surface area contributed by atoms with Crippen LogP contribution in [0.15, 0.2) is 218 Å². The number of para-hydroxylation sites is 2. The molecule has 288 valence electrons. The minimum absolute atomic E-state index is 0.566. The molecule has 0 N–H and O–H groups in total. The summed E-state index contributed by atoms with van der Waals surface area (Å²) in [6, 6.07) is 81.2. The van der Waals surface area contributed by atoms with Gasteiger partial charge < -0.3 is 9.80 Å². The largest absolute Gasteiger partial charge is 0.310 e. The Balaban J connectivity index is 1.18. The maximum atomic E-state index is 2.54. The Labute approximate surface area is 357 Å². The number of rotatable bonds is 6. The van der Waals surface area contributed by atoms with E-state index in [2.05, 4.69) is 242 Å². The molecule has 0 atom stereocenters. The number of aryl methyl sites for hydroxylation is 2. The van der Waals surface area contributed by atoms with E-state index in [0.717, 1.165) is 28.4 Å². The minimum atomic E-state index is -0.566. The number of anilines is 6. The molecule has 1 spiro atoms. The Kier molecular flexibility index (Phi) is 7.92. The van der Waals surface area contributed by atoms with Crippen molar-refractivity contribution < 1.29 is 0 Å². The van der Waals surface area contributed by atoms with Crippen molar-refractivity contribution in [2.75, 3.05) is 9.80 Å². The van der Waals surface area contributed by atoms with E-state index in [-0.39, 0.29) is 0 Å². The molecular weight excluding hydrogens is 737 g/mol. The highest BCUT2D eigenvalue weighted by atomic mass is 15.1. The Morgan fingerprint density at radius 1 is 0.328 bits per heavy atom. The lowest BCUT2D eigenvalue weighted by Crippen LogP contribution is -2.26. The predicted molar refractivity (Wildman–Crippen MR) is 257 cm³/mol. The average molecular weight is 779 g/mol. The van der Waals surface area contributed by atoms with Gasteiger partial charge in [-0.25, -0.2) is 0 Å². The molecule has 10 aromatic carbocycles. The van der Waals surface area contributed by atoms with Crippen molar-refractivity contribution in [2.45, 2.75) is 19.3 Å². The predicted octanol–water partition coefficient (Wildman–Crippen LogP) is 15.9. The summed E-state index contributed by atoms with van der Waals surface area (Å²) in [5, 5.41) is 4.97. The average Bonchev–Trinajstić information content (AvgIpc) is 3.79. The summed E-state index contributed by atoms with van der Waals surface area (Å²) in [6.45, 7) is 4.31. The Morgan fingerprint density at radius 3 is 1.44 bits per heavy atom. The third-order valence-corrected chi connectivity index (χ3v) is 13.1. The van der Waals surface area contributed by atoms with E-state index in [4.69, 9.17) is 0 Å². The van der Waals surface area contributed by atoms with Crippen LogP contribution in [0.2, 0.25) is 0 Å². The molecule has 2 aliphatic rings. The second-order valence-corrected chi connectivity index (χ2v) is 16.6. The first-order chi connectivity index (χ1) is 30.1. The maximum Gasteiger partial charge on any atom is 0.0732 e. The fourth-order valence-corrected chi connectivity index (χ4v) is 10.5. The molecule has 0 fully saturated rings. The fraction of sp³-hybridized carbons (Fsp3) is 0.0508. The van der Waals surface area contributed by atoms with E-state index in [0.29, 0.717) is 0 Å². The molecular formula is C59H42N2. The van der Waals surface area contributed by atoms with Gasteiger partial charge in [0.25, 0.3) is 0 Å². The van der Waals surface area contributed by atoms with Gasteiger partial charge in [0.05, 0.1) is 11.1 Å². The first-order valence-corrected chi connectivity index (χ1v) is 21.3. The molecule has 0 bridgehead atoms. The van der Waals surface area contributed by atoms with Crippen LogP contribution in [0.3, 0.4) is 0 Å². The van der Waals surface area contributed by atoms with Crippen LogP contribution in [0.4, 0.5) is 34.1 Å². The van der Waals surface area contributed by atoms with Gasteiger partial charge in [-0.2, -0.15) is 0 Å². The molecule has 0 unspecified atom stereocenters. The van der Waals surface area contributed by atoms with Crippen molar-refractivity contribution in [2.24, 2.45) is 0 Å². The molecule has 2 heteroatoms. The second kappa shape index (κ2) is 13.7. The van der Waals surface area contributed by atoms with Crippen molar-refractivity contribution in [3.05, 3.63) is 252 Å². The molecule has 0 amide bonds. The zero-order valence-corrected chi connectivity index (χ0v) is 34.2. The zero-order valence-electron chi connectivity index (χ0n) is 34.2. The molecule has 2 aliphatic carbocycles. The molecule has 0 heterocycles. The van der Waals surface area contributed by atoms with E-state index < -0.39 is 5.41 Å². The number of hydrogen-bond donors (Lipinski definition) is 0. The van der Waals surface area contributed by atoms with Gasteiger partial charge in [-0.3, -0.25) is 0 Å². The lowest BCUT2D eigenvalue weighted by atomic mass is 9.69. The highest BCUT2D eigenvalue weighted by Crippen LogP contribution is 2.66. The molecule has 0 saturated carbocycles. The van der Waals surface area contributed by atoms with Crippen molar-refractivity contribution in [1.82, 2.24) is 0 Å². The van der Waals surface area contributed by atoms with Gasteiger partial charge in [0, 0.05) is 33.8 Å². The molecule has 0 saturated heterocycles. The first kappa shape index (κ1) is 35.3. The molecule has 0 aliphatic heterocycles. The summed E-state index contributed by atoms with van der Waals surface area (Å²) in [7, 11) is 0. The monoisotopic (exact) mass is 778 g/mol. The fourth-order valence-electron chi connectivity index (χ4n) is 10.5. The van der Waals surface area contributed by atoms with E-state index in [1.54, 1.807) is 0 Å². The molecule has 2 nitrogen and oxygen atoms in total. The quantitative estimate of drug-likeness (QED) is 0.166. The van der Waals surface area contributed by atoms with Gasteiger partial charge in [0.1, 0.15) is 0 Å². The van der Waals surface area contributed by atoms with Crippen LogP contribution in [0, 0.1) is 13.8 Å². The van der Waals surface area contributed by atoms with Gasteiger partial charge in [0.15, 0.2) is 0 Å². The molecule has 10 aromatic rings. The SMILES string of the molecule is Cc1ccc(N(c2ccccc2)c2ccc3c4c(ccc3c2)-c2c(cc(N(c3ccccc3)c3ccc(C)cc3)c3ccccc23)C42c3ccccc3-c3ccccc32)cc1. The summed E-state index contributed by atoms with van der Waals surface area (Å²) >= 11 is 0. The van der Waals surface area contributed by atoms with Gasteiger partial charge in [-0.05, 0) is 141 Å². The summed E-state index contributed by atoms with van der Waals surface area (Å²) in [6.07, 6.45) is 0. The highest BCUT2D eigenvalue weighted by molar-refractivity contribution is 6.15. The third-order valence-electron chi connectivity index (χ3n) is 13.1. The standard InChI is InChI=1S/C59H42N2/c1-39-25-30-44(31-26-39)60(42-15-5-3-6-16-42)46-34-36-47-41(37-46)29-35-52-57-51-22-10-9-21-50(51)56(61(43-17-7-4-8-18-43)45-32-27-40(2)28-33-45)38-55(57)59(58(47)52)53-23-13-11-19-48(53)49-20-12-14-24-54(49)59/h3-38H,1-2H3. The van der Waals surface area contributed by atoms with Crippen molar-refractivity contribution in [3.8, 4) is 22.3 Å². The van der Waals surface area contributed by atoms with Crippen LogP contribution in [0.5, 0.6) is 0 Å². The van der Waals surface area contributed by atoms with E-state index in [9.17, 15) is 0 Å². The number of hydrogen-bond acceptors (Lipinski definition) is 2. The summed E-state index contributed by atoms with van der Waals surface area (Å²) in [4.78, 5) is 4.83. The first-order valence-electron chi connectivity index (χ1n) is 21.3. The summed E-state index contributed by atoms with van der Waals surface area (Å²) in [5.74, 6) is 0. The molecule has 0 aromatic heterocycles. The zero-order chi connectivity index (χ0) is 40.7. The van der Waals surface area contributed by atoms with Crippen LogP contribution < -0.4 is 9.80 Å². The third kappa shape index (κ3) is 5.22. The molecule has 0 radical (unpaired) electrons. The normalized spacial score (nSPS) is 12.9. The van der Waals surface area contributed by atoms with Crippen LogP contribution in [-0.4, -0.2) is 0 Å². The topological polar surface area (TPSA) is 6.48 Å². The van der Waals surface area contributed by atoms with Crippen LogP contribution >= 0.6 is 0 Å².